The first-order chi connectivity index (χ1) is 11.0. The van der Waals surface area contributed by atoms with Crippen LogP contribution in [0.1, 0.15) is 11.3 Å². The first-order valence-corrected chi connectivity index (χ1v) is 7.67. The van der Waals surface area contributed by atoms with Gasteiger partial charge in [0.1, 0.15) is 23.0 Å². The van der Waals surface area contributed by atoms with E-state index in [1.165, 1.54) is 0 Å². The third-order valence-electron chi connectivity index (χ3n) is 3.29. The molecule has 0 bridgehead atoms. The second-order valence-corrected chi connectivity index (χ2v) is 5.92. The van der Waals surface area contributed by atoms with E-state index in [1.54, 1.807) is 42.6 Å². The number of phenols is 1. The maximum Gasteiger partial charge on any atom is 0.145 e. The fraction of sp³-hybridized carbons (Fsp3) is 0.0556. The summed E-state index contributed by atoms with van der Waals surface area (Å²) in [5.41, 5.74) is 2.21. The Balaban J connectivity index is 1.86. The Morgan fingerprint density at radius 2 is 1.87 bits per heavy atom. The van der Waals surface area contributed by atoms with E-state index in [1.807, 2.05) is 19.1 Å². The van der Waals surface area contributed by atoms with Crippen LogP contribution < -0.4 is 0 Å². The summed E-state index contributed by atoms with van der Waals surface area (Å²) in [6.07, 6.45) is 1.55. The molecular weight excluding hydrogens is 333 g/mol. The molecule has 0 unspecified atom stereocenters. The smallest absolute Gasteiger partial charge is 0.145 e. The van der Waals surface area contributed by atoms with Crippen molar-refractivity contribution in [3.63, 3.8) is 0 Å². The highest BCUT2D eigenvalue weighted by atomic mass is 35.5. The van der Waals surface area contributed by atoms with Crippen LogP contribution in [0.2, 0.25) is 10.0 Å². The molecule has 0 radical (unpaired) electrons. The van der Waals surface area contributed by atoms with Gasteiger partial charge < -0.3 is 9.52 Å². The fourth-order valence-corrected chi connectivity index (χ4v) is 2.63. The van der Waals surface area contributed by atoms with Crippen LogP contribution in [0.3, 0.4) is 0 Å². The molecule has 0 aliphatic rings. The molecule has 5 heteroatoms. The van der Waals surface area contributed by atoms with Gasteiger partial charge >= 0.3 is 0 Å². The summed E-state index contributed by atoms with van der Waals surface area (Å²) in [6, 6.07) is 14.1. The van der Waals surface area contributed by atoms with Crippen LogP contribution in [0.25, 0.3) is 11.3 Å². The molecule has 23 heavy (non-hydrogen) atoms. The molecule has 0 atom stereocenters. The predicted molar refractivity (Wildman–Crippen MR) is 94.3 cm³/mol. The molecule has 2 aromatic carbocycles. The van der Waals surface area contributed by atoms with Crippen molar-refractivity contribution in [2.75, 3.05) is 0 Å². The van der Waals surface area contributed by atoms with E-state index in [-0.39, 0.29) is 5.75 Å². The van der Waals surface area contributed by atoms with Crippen LogP contribution in [0.5, 0.6) is 5.75 Å². The number of aryl methyl sites for hydroxylation is 1. The Bertz CT molecular complexity index is 884. The standard InChI is InChI=1S/C18H13Cl2NO2/c1-11-2-6-16(17(22)8-11)21-10-13-4-7-18(23-13)14-5-3-12(19)9-15(14)20/h2-10,22H,1H3. The number of aliphatic imine (C=N–C) groups is 1. The topological polar surface area (TPSA) is 45.7 Å². The molecule has 0 amide bonds. The van der Waals surface area contributed by atoms with Crippen LogP contribution in [0.4, 0.5) is 5.69 Å². The van der Waals surface area contributed by atoms with E-state index in [0.29, 0.717) is 27.3 Å². The van der Waals surface area contributed by atoms with E-state index in [4.69, 9.17) is 27.6 Å². The average Bonchev–Trinajstić information content (AvgIpc) is 2.95. The molecular formula is C18H13Cl2NO2. The number of nitrogens with zero attached hydrogens (tertiary/aromatic N) is 1. The van der Waals surface area contributed by atoms with Gasteiger partial charge in [0.15, 0.2) is 0 Å². The Morgan fingerprint density at radius 1 is 1.04 bits per heavy atom. The first-order valence-electron chi connectivity index (χ1n) is 6.92. The minimum absolute atomic E-state index is 0.133. The highest BCUT2D eigenvalue weighted by molar-refractivity contribution is 6.36. The summed E-state index contributed by atoms with van der Waals surface area (Å²) in [5.74, 6) is 1.32. The van der Waals surface area contributed by atoms with Gasteiger partial charge in [-0.15, -0.1) is 0 Å². The van der Waals surface area contributed by atoms with E-state index in [9.17, 15) is 5.11 Å². The van der Waals surface area contributed by atoms with E-state index in [2.05, 4.69) is 4.99 Å². The third-order valence-corrected chi connectivity index (χ3v) is 3.83. The zero-order chi connectivity index (χ0) is 16.4. The highest BCUT2D eigenvalue weighted by Crippen LogP contribution is 2.32. The monoisotopic (exact) mass is 345 g/mol. The molecule has 0 saturated carbocycles. The molecule has 0 saturated heterocycles. The Morgan fingerprint density at radius 3 is 2.61 bits per heavy atom. The van der Waals surface area contributed by atoms with Gasteiger partial charge in [0.25, 0.3) is 0 Å². The Kier molecular flexibility index (Phi) is 4.42. The van der Waals surface area contributed by atoms with E-state index in [0.717, 1.165) is 11.1 Å². The molecule has 3 aromatic rings. The van der Waals surface area contributed by atoms with Crippen molar-refractivity contribution in [3.8, 4) is 17.1 Å². The zero-order valence-corrected chi connectivity index (χ0v) is 13.8. The number of benzene rings is 2. The number of halogens is 2. The van der Waals surface area contributed by atoms with Crippen LogP contribution in [-0.4, -0.2) is 11.3 Å². The Labute approximate surface area is 143 Å². The largest absolute Gasteiger partial charge is 0.506 e. The second-order valence-electron chi connectivity index (χ2n) is 5.08. The van der Waals surface area contributed by atoms with Gasteiger partial charge in [0, 0.05) is 10.6 Å². The molecule has 0 spiro atoms. The molecule has 3 nitrogen and oxygen atoms in total. The van der Waals surface area contributed by atoms with Gasteiger partial charge in [-0.2, -0.15) is 0 Å². The number of aromatic hydroxyl groups is 1. The van der Waals surface area contributed by atoms with Crippen molar-refractivity contribution in [3.05, 3.63) is 69.9 Å². The summed E-state index contributed by atoms with van der Waals surface area (Å²) < 4.78 is 5.72. The van der Waals surface area contributed by atoms with Crippen molar-refractivity contribution >= 4 is 35.1 Å². The van der Waals surface area contributed by atoms with Crippen LogP contribution >= 0.6 is 23.2 Å². The number of rotatable bonds is 3. The summed E-state index contributed by atoms with van der Waals surface area (Å²) in [4.78, 5) is 4.24. The lowest BCUT2D eigenvalue weighted by molar-refractivity contribution is 0.476. The van der Waals surface area contributed by atoms with Gasteiger partial charge in [0.05, 0.1) is 11.2 Å². The van der Waals surface area contributed by atoms with Crippen molar-refractivity contribution in [1.29, 1.82) is 0 Å². The molecule has 0 aliphatic carbocycles. The average molecular weight is 346 g/mol. The number of hydrogen-bond donors (Lipinski definition) is 1. The third kappa shape index (κ3) is 3.58. The lowest BCUT2D eigenvalue weighted by atomic mass is 10.2. The first kappa shape index (κ1) is 15.7. The predicted octanol–water partition coefficient (Wildman–Crippen LogP) is 6.02. The maximum atomic E-state index is 9.84. The molecule has 1 aromatic heterocycles. The van der Waals surface area contributed by atoms with Crippen LogP contribution in [0, 0.1) is 6.92 Å². The van der Waals surface area contributed by atoms with Gasteiger partial charge in [-0.05, 0) is 55.0 Å². The molecule has 1 heterocycles. The molecule has 3 rings (SSSR count). The van der Waals surface area contributed by atoms with Crippen molar-refractivity contribution in [2.24, 2.45) is 4.99 Å². The zero-order valence-electron chi connectivity index (χ0n) is 12.3. The van der Waals surface area contributed by atoms with Crippen molar-refractivity contribution in [2.45, 2.75) is 6.92 Å². The van der Waals surface area contributed by atoms with Gasteiger partial charge in [0.2, 0.25) is 0 Å². The summed E-state index contributed by atoms with van der Waals surface area (Å²) in [6.45, 7) is 1.90. The second kappa shape index (κ2) is 6.49. The summed E-state index contributed by atoms with van der Waals surface area (Å²) >= 11 is 12.1. The van der Waals surface area contributed by atoms with Crippen molar-refractivity contribution in [1.82, 2.24) is 0 Å². The van der Waals surface area contributed by atoms with Gasteiger partial charge in [-0.25, -0.2) is 4.99 Å². The Hall–Kier alpha value is -2.23. The molecule has 116 valence electrons. The molecule has 1 N–H and O–H groups in total. The van der Waals surface area contributed by atoms with Crippen LogP contribution in [0.15, 0.2) is 57.9 Å². The SMILES string of the molecule is Cc1ccc(N=Cc2ccc(-c3ccc(Cl)cc3Cl)o2)c(O)c1. The lowest BCUT2D eigenvalue weighted by Gasteiger charge is -2.01. The number of phenolic OH excluding ortho intramolecular Hbond substituents is 1. The normalized spacial score (nSPS) is 11.3. The maximum absolute atomic E-state index is 9.84. The highest BCUT2D eigenvalue weighted by Gasteiger charge is 2.08. The van der Waals surface area contributed by atoms with Crippen molar-refractivity contribution < 1.29 is 9.52 Å². The van der Waals surface area contributed by atoms with E-state index >= 15 is 0 Å². The minimum atomic E-state index is 0.133. The summed E-state index contributed by atoms with van der Waals surface area (Å²) in [5, 5.41) is 10.9. The fourth-order valence-electron chi connectivity index (χ4n) is 2.13. The quantitative estimate of drug-likeness (QED) is 0.590. The van der Waals surface area contributed by atoms with Gasteiger partial charge in [-0.1, -0.05) is 29.3 Å². The number of furan rings is 1. The summed E-state index contributed by atoms with van der Waals surface area (Å²) in [7, 11) is 0. The van der Waals surface area contributed by atoms with Crippen LogP contribution in [-0.2, 0) is 0 Å². The minimum Gasteiger partial charge on any atom is -0.506 e. The molecule has 0 fully saturated rings. The number of hydrogen-bond acceptors (Lipinski definition) is 3. The van der Waals surface area contributed by atoms with E-state index < -0.39 is 0 Å². The van der Waals surface area contributed by atoms with Gasteiger partial charge in [-0.3, -0.25) is 0 Å². The molecule has 0 aliphatic heterocycles. The lowest BCUT2D eigenvalue weighted by Crippen LogP contribution is -1.78.